The molecule has 0 atom stereocenters. The first-order chi connectivity index (χ1) is 13.9. The van der Waals surface area contributed by atoms with Gasteiger partial charge in [-0.15, -0.1) is 0 Å². The van der Waals surface area contributed by atoms with Gasteiger partial charge in [0.1, 0.15) is 0 Å². The minimum Gasteiger partial charge on any atom is -0.211 e. The molecule has 5 aromatic rings. The van der Waals surface area contributed by atoms with Crippen LogP contribution in [0.25, 0.3) is 43.6 Å². The molecule has 1 N–H and O–H groups in total. The number of H-pyrrole nitrogens is 1. The van der Waals surface area contributed by atoms with Gasteiger partial charge in [0.15, 0.2) is 6.20 Å². The van der Waals surface area contributed by atoms with E-state index >= 15 is 0 Å². The molecule has 5 rings (SSSR count). The normalized spacial score (nSPS) is 11.3. The summed E-state index contributed by atoms with van der Waals surface area (Å²) in [5, 5.41) is 7.73. The van der Waals surface area contributed by atoms with E-state index in [2.05, 4.69) is 83.8 Å². The molecule has 29 heavy (non-hydrogen) atoms. The predicted octanol–water partition coefficient (Wildman–Crippen LogP) is 4.08. The van der Waals surface area contributed by atoms with Crippen molar-refractivity contribution in [1.82, 2.24) is 0 Å². The smallest absolute Gasteiger partial charge is 0.211 e. The second-order valence-electron chi connectivity index (χ2n) is 6.54. The Hall–Kier alpha value is -3.18. The molecule has 0 spiro atoms. The molecule has 1 aromatic heterocycles. The fourth-order valence-corrected chi connectivity index (χ4v) is 3.59. The van der Waals surface area contributed by atoms with Crippen LogP contribution in [0.3, 0.4) is 0 Å². The number of nitrogens with one attached hydrogen (secondary N) is 1. The maximum Gasteiger partial charge on any atom is 0.211 e. The van der Waals surface area contributed by atoms with Crippen LogP contribution in [0.15, 0.2) is 91.1 Å². The van der Waals surface area contributed by atoms with Crippen molar-refractivity contribution in [2.24, 2.45) is 0 Å². The third kappa shape index (κ3) is 4.30. The first-order valence-corrected chi connectivity index (χ1v) is 11.9. The third-order valence-electron chi connectivity index (χ3n) is 4.73. The van der Waals surface area contributed by atoms with E-state index in [4.69, 9.17) is 14.4 Å². The van der Waals surface area contributed by atoms with E-state index in [0.717, 1.165) is 5.69 Å². The Morgan fingerprint density at radius 2 is 1.28 bits per heavy atom. The zero-order valence-electron chi connectivity index (χ0n) is 15.2. The van der Waals surface area contributed by atoms with Gasteiger partial charge in [0.2, 0.25) is 5.69 Å². The van der Waals surface area contributed by atoms with Gasteiger partial charge in [0, 0.05) is 17.5 Å². The average molecular weight is 468 g/mol. The van der Waals surface area contributed by atoms with E-state index in [9.17, 15) is 0 Å². The van der Waals surface area contributed by atoms with E-state index in [1.807, 2.05) is 12.3 Å². The number of benzene rings is 4. The first-order valence-electron chi connectivity index (χ1n) is 8.83. The summed E-state index contributed by atoms with van der Waals surface area (Å²) in [5.41, 5.74) is 2.39. The summed E-state index contributed by atoms with van der Waals surface area (Å²) >= 11 is -5.94. The number of hydrogen-bond acceptors (Lipinski definition) is 4. The molecular formula is C23H16NO4Tc. The Kier molecular flexibility index (Phi) is 5.07. The van der Waals surface area contributed by atoms with Crippen LogP contribution < -0.4 is 8.85 Å². The zero-order valence-corrected chi connectivity index (χ0v) is 17.0. The molecule has 0 aliphatic carbocycles. The number of aromatic nitrogens is 1. The van der Waals surface area contributed by atoms with Crippen LogP contribution >= 0.6 is 0 Å². The molecule has 0 saturated heterocycles. The van der Waals surface area contributed by atoms with Crippen molar-refractivity contribution in [2.75, 3.05) is 0 Å². The molecule has 0 saturated carbocycles. The first kappa shape index (κ1) is 19.1. The molecule has 144 valence electrons. The number of pyridine rings is 1. The van der Waals surface area contributed by atoms with Crippen LogP contribution in [0.4, 0.5) is 0 Å². The largest absolute Gasteiger partial charge is 0.211 e. The minimum absolute atomic E-state index is 1.14. The summed E-state index contributed by atoms with van der Waals surface area (Å²) in [4.78, 5) is 3.38. The summed E-state index contributed by atoms with van der Waals surface area (Å²) in [6.07, 6.45) is 1.98. The van der Waals surface area contributed by atoms with E-state index < -0.39 is 15.5 Å². The van der Waals surface area contributed by atoms with E-state index in [1.165, 1.54) is 37.9 Å². The molecule has 0 fully saturated rings. The fraction of sp³-hybridized carbons (Fsp3) is 0. The van der Waals surface area contributed by atoms with Gasteiger partial charge >= 0.3 is 29.9 Å². The SMILES string of the molecule is [O]=[Tc](=[O])(=[O])[O-].c1ccc(-c2cccc3ccc4cc5ccccc5cc4c23)[nH+]c1. The molecular weight excluding hydrogens is 452 g/mol. The maximum absolute atomic E-state index is 8.62. The van der Waals surface area contributed by atoms with Crippen molar-refractivity contribution < 1.29 is 34.9 Å². The van der Waals surface area contributed by atoms with E-state index in [0.29, 0.717) is 0 Å². The zero-order chi connectivity index (χ0) is 20.4. The molecule has 6 heteroatoms. The Morgan fingerprint density at radius 1 is 0.655 bits per heavy atom. The molecule has 0 bridgehead atoms. The van der Waals surface area contributed by atoms with Crippen molar-refractivity contribution in [3.8, 4) is 11.3 Å². The molecule has 0 radical (unpaired) electrons. The second kappa shape index (κ2) is 7.68. The van der Waals surface area contributed by atoms with Crippen LogP contribution in [0.1, 0.15) is 0 Å². The maximum atomic E-state index is 8.62. The molecule has 1 heterocycles. The molecule has 0 amide bonds. The Bertz CT molecular complexity index is 1490. The second-order valence-corrected chi connectivity index (χ2v) is 8.40. The average Bonchev–Trinajstić information content (AvgIpc) is 2.71. The van der Waals surface area contributed by atoms with E-state index in [-0.39, 0.29) is 0 Å². The summed E-state index contributed by atoms with van der Waals surface area (Å²) in [6.45, 7) is 0. The van der Waals surface area contributed by atoms with Crippen molar-refractivity contribution >= 4 is 32.3 Å². The topological polar surface area (TPSA) is 88.4 Å². The van der Waals surface area contributed by atoms with Gasteiger partial charge in [-0.3, -0.25) is 0 Å². The van der Waals surface area contributed by atoms with Crippen molar-refractivity contribution in [2.45, 2.75) is 0 Å². The van der Waals surface area contributed by atoms with Crippen LogP contribution in [0.2, 0.25) is 0 Å². The summed E-state index contributed by atoms with van der Waals surface area (Å²) in [5.74, 6) is 0. The van der Waals surface area contributed by atoms with Gasteiger partial charge in [-0.05, 0) is 51.2 Å². The fourth-order valence-electron chi connectivity index (χ4n) is 3.59. The summed E-state index contributed by atoms with van der Waals surface area (Å²) < 4.78 is 34.5. The quantitative estimate of drug-likeness (QED) is 0.274. The molecule has 4 aromatic carbocycles. The number of hydrogen-bond donors (Lipinski definition) is 0. The Labute approximate surface area is 169 Å². The Morgan fingerprint density at radius 3 is 1.97 bits per heavy atom. The standard InChI is InChI=1S/C23H15N.4O.Tc/c1-2-7-18-15-21-19(14-17(18)6-1)12-11-16-8-5-9-20(23(16)21)22-10-3-4-13-24-22;;;;;/h1-15H;;;;;/q;;;;-1;/p+1. The number of fused-ring (bicyclic) bond motifs is 4. The summed E-state index contributed by atoms with van der Waals surface area (Å²) in [6, 6.07) is 30.4. The van der Waals surface area contributed by atoms with Gasteiger partial charge in [0.25, 0.3) is 0 Å². The minimum atomic E-state index is -5.94. The third-order valence-corrected chi connectivity index (χ3v) is 4.73. The molecule has 0 unspecified atom stereocenters. The van der Waals surface area contributed by atoms with Gasteiger partial charge in [-0.2, -0.15) is 0 Å². The van der Waals surface area contributed by atoms with Gasteiger partial charge < -0.3 is 0 Å². The number of rotatable bonds is 1. The van der Waals surface area contributed by atoms with Crippen LogP contribution in [-0.2, 0) is 26.0 Å². The van der Waals surface area contributed by atoms with Crippen molar-refractivity contribution in [3.63, 3.8) is 0 Å². The van der Waals surface area contributed by atoms with Gasteiger partial charge in [-0.1, -0.05) is 48.5 Å². The molecule has 0 aliphatic rings. The molecule has 0 aliphatic heterocycles. The van der Waals surface area contributed by atoms with Crippen molar-refractivity contribution in [3.05, 3.63) is 91.1 Å². The predicted molar refractivity (Wildman–Crippen MR) is 103 cm³/mol. The van der Waals surface area contributed by atoms with Crippen LogP contribution in [0.5, 0.6) is 0 Å². The van der Waals surface area contributed by atoms with E-state index in [1.54, 1.807) is 0 Å². The Balaban J connectivity index is 0.000000369. The van der Waals surface area contributed by atoms with Crippen molar-refractivity contribution in [1.29, 1.82) is 0 Å². The molecule has 5 nitrogen and oxygen atoms in total. The summed E-state index contributed by atoms with van der Waals surface area (Å²) in [7, 11) is 0. The van der Waals surface area contributed by atoms with Gasteiger partial charge in [-0.25, -0.2) is 4.98 Å². The van der Waals surface area contributed by atoms with Crippen LogP contribution in [0, 0.1) is 0 Å². The number of aromatic amines is 1. The van der Waals surface area contributed by atoms with Crippen LogP contribution in [-0.4, -0.2) is 0 Å². The van der Waals surface area contributed by atoms with Gasteiger partial charge in [0.05, 0.1) is 5.56 Å². The monoisotopic (exact) mass is 467 g/mol.